The summed E-state index contributed by atoms with van der Waals surface area (Å²) in [5, 5.41) is -1.17. The largest absolute Gasteiger partial charge is 0.416 e. The van der Waals surface area contributed by atoms with Gasteiger partial charge in [0, 0.05) is 11.8 Å². The summed E-state index contributed by atoms with van der Waals surface area (Å²) in [5.74, 6) is -0.200. The summed E-state index contributed by atoms with van der Waals surface area (Å²) < 4.78 is 62.8. The van der Waals surface area contributed by atoms with Gasteiger partial charge in [0.1, 0.15) is 0 Å². The van der Waals surface area contributed by atoms with Crippen LogP contribution in [0.2, 0.25) is 0 Å². The minimum absolute atomic E-state index is 0.0598. The van der Waals surface area contributed by atoms with E-state index in [0.717, 1.165) is 12.2 Å². The summed E-state index contributed by atoms with van der Waals surface area (Å²) in [5.41, 5.74) is 4.80. The van der Waals surface area contributed by atoms with E-state index >= 15 is 0 Å². The van der Waals surface area contributed by atoms with Crippen LogP contribution in [0.3, 0.4) is 0 Å². The summed E-state index contributed by atoms with van der Waals surface area (Å²) in [6.07, 6.45) is -1.78. The molecule has 1 aliphatic carbocycles. The average molecular weight is 326 g/mol. The molecular weight excluding hydrogens is 305 g/mol. The number of rotatable bonds is 4. The molecule has 3 unspecified atom stereocenters. The van der Waals surface area contributed by atoms with Crippen molar-refractivity contribution in [2.75, 3.05) is 12.8 Å². The number of halogens is 3. The van der Waals surface area contributed by atoms with Crippen molar-refractivity contribution in [2.45, 2.75) is 43.9 Å². The van der Waals surface area contributed by atoms with Gasteiger partial charge in [-0.3, -0.25) is 4.90 Å². The third kappa shape index (κ3) is 4.55. The zero-order chi connectivity index (χ0) is 16.4. The minimum Gasteiger partial charge on any atom is -0.316 e. The van der Waals surface area contributed by atoms with E-state index in [1.165, 1.54) is 13.0 Å². The molecule has 122 valence electrons. The van der Waals surface area contributed by atoms with Gasteiger partial charge >= 0.3 is 6.18 Å². The Morgan fingerprint density at radius 2 is 2.05 bits per heavy atom. The second kappa shape index (κ2) is 6.50. The number of sulfone groups is 1. The predicted octanol–water partition coefficient (Wildman–Crippen LogP) is 1.84. The maximum Gasteiger partial charge on any atom is 0.416 e. The van der Waals surface area contributed by atoms with Crippen LogP contribution in [0.25, 0.3) is 0 Å². The summed E-state index contributed by atoms with van der Waals surface area (Å²) >= 11 is 0. The molecule has 0 aromatic carbocycles. The van der Waals surface area contributed by atoms with E-state index in [9.17, 15) is 21.6 Å². The molecule has 1 rings (SSSR count). The number of hydrogen-bond donors (Lipinski definition) is 1. The minimum atomic E-state index is -4.57. The van der Waals surface area contributed by atoms with Crippen LogP contribution in [-0.2, 0) is 9.84 Å². The van der Waals surface area contributed by atoms with Crippen molar-refractivity contribution in [3.63, 3.8) is 0 Å². The van der Waals surface area contributed by atoms with Gasteiger partial charge in [-0.05, 0) is 20.4 Å². The summed E-state index contributed by atoms with van der Waals surface area (Å²) in [6.45, 7) is 3.12. The van der Waals surface area contributed by atoms with E-state index in [-0.39, 0.29) is 12.2 Å². The SMILES string of the molecule is CCS(=O)(=O)C1C=C(C(F)(F)F)C=CC(N(C)C(C)N)C1. The Morgan fingerprint density at radius 1 is 1.48 bits per heavy atom. The normalized spacial score (nSPS) is 25.6. The highest BCUT2D eigenvalue weighted by molar-refractivity contribution is 7.92. The molecule has 21 heavy (non-hydrogen) atoms. The predicted molar refractivity (Wildman–Crippen MR) is 76.3 cm³/mol. The average Bonchev–Trinajstić information content (AvgIpc) is 2.60. The fourth-order valence-corrected chi connectivity index (χ4v) is 3.39. The molecule has 8 heteroatoms. The van der Waals surface area contributed by atoms with Gasteiger partial charge in [-0.2, -0.15) is 13.2 Å². The van der Waals surface area contributed by atoms with Crippen molar-refractivity contribution in [1.82, 2.24) is 4.90 Å². The molecule has 0 amide bonds. The topological polar surface area (TPSA) is 63.4 Å². The number of likely N-dealkylation sites (N-methyl/N-ethyl adjacent to an activating group) is 1. The van der Waals surface area contributed by atoms with Gasteiger partial charge in [-0.25, -0.2) is 8.42 Å². The maximum absolute atomic E-state index is 12.9. The lowest BCUT2D eigenvalue weighted by atomic mass is 10.1. The Labute approximate surface area is 123 Å². The van der Waals surface area contributed by atoms with E-state index in [2.05, 4.69) is 0 Å². The number of allylic oxidation sites excluding steroid dienone is 2. The van der Waals surface area contributed by atoms with Crippen molar-refractivity contribution in [3.05, 3.63) is 23.8 Å². The van der Waals surface area contributed by atoms with Gasteiger partial charge in [0.2, 0.25) is 0 Å². The highest BCUT2D eigenvalue weighted by atomic mass is 32.2. The van der Waals surface area contributed by atoms with Crippen LogP contribution in [0.4, 0.5) is 13.2 Å². The summed E-state index contributed by atoms with van der Waals surface area (Å²) in [4.78, 5) is 1.65. The highest BCUT2D eigenvalue weighted by Gasteiger charge is 2.37. The molecule has 3 atom stereocenters. The summed E-state index contributed by atoms with van der Waals surface area (Å²) in [7, 11) is -1.95. The van der Waals surface area contributed by atoms with Crippen LogP contribution < -0.4 is 5.73 Å². The molecule has 0 aliphatic heterocycles. The Bertz CT molecular complexity index is 524. The number of nitrogens with two attached hydrogens (primary N) is 1. The first kappa shape index (κ1) is 18.2. The molecule has 0 bridgehead atoms. The van der Waals surface area contributed by atoms with Crippen molar-refractivity contribution >= 4 is 9.84 Å². The first-order valence-corrected chi connectivity index (χ1v) is 8.37. The van der Waals surface area contributed by atoms with Crippen LogP contribution in [0, 0.1) is 0 Å². The lowest BCUT2D eigenvalue weighted by Gasteiger charge is -2.30. The highest BCUT2D eigenvalue weighted by Crippen LogP contribution is 2.31. The molecule has 0 spiro atoms. The fourth-order valence-electron chi connectivity index (χ4n) is 2.11. The smallest absolute Gasteiger partial charge is 0.316 e. The Balaban J connectivity index is 3.23. The summed E-state index contributed by atoms with van der Waals surface area (Å²) in [6, 6.07) is -0.465. The van der Waals surface area contributed by atoms with E-state index in [0.29, 0.717) is 0 Å². The van der Waals surface area contributed by atoms with Gasteiger partial charge in [0.05, 0.1) is 17.0 Å². The van der Waals surface area contributed by atoms with E-state index in [1.807, 2.05) is 0 Å². The van der Waals surface area contributed by atoms with Crippen LogP contribution in [0.1, 0.15) is 20.3 Å². The third-order valence-electron chi connectivity index (χ3n) is 3.69. The molecule has 0 radical (unpaired) electrons. The van der Waals surface area contributed by atoms with Crippen LogP contribution in [0.15, 0.2) is 23.8 Å². The molecule has 0 aromatic rings. The van der Waals surface area contributed by atoms with Gasteiger partial charge in [-0.1, -0.05) is 25.2 Å². The van der Waals surface area contributed by atoms with Crippen molar-refractivity contribution in [1.29, 1.82) is 0 Å². The molecular formula is C13H21F3N2O2S. The lowest BCUT2D eigenvalue weighted by molar-refractivity contribution is -0.0883. The third-order valence-corrected chi connectivity index (χ3v) is 5.75. The number of nitrogens with zero attached hydrogens (tertiary/aromatic N) is 1. The Hall–Kier alpha value is -0.860. The first-order chi connectivity index (χ1) is 9.49. The molecule has 0 saturated carbocycles. The maximum atomic E-state index is 12.9. The zero-order valence-corrected chi connectivity index (χ0v) is 13.1. The standard InChI is InChI=1S/C13H21F3N2O2S/c1-4-21(19,20)12-7-10(13(14,15)16)5-6-11(8-12)18(3)9(2)17/h5-7,9,11-12H,4,8,17H2,1-3H3. The molecule has 0 heterocycles. The molecule has 1 aliphatic rings. The fraction of sp³-hybridized carbons (Fsp3) is 0.692. The van der Waals surface area contributed by atoms with Crippen LogP contribution in [0.5, 0.6) is 0 Å². The number of alkyl halides is 3. The Kier molecular flexibility index (Phi) is 5.63. The van der Waals surface area contributed by atoms with Crippen molar-refractivity contribution in [3.8, 4) is 0 Å². The number of hydrogen-bond acceptors (Lipinski definition) is 4. The van der Waals surface area contributed by atoms with E-state index in [1.54, 1.807) is 18.9 Å². The lowest BCUT2D eigenvalue weighted by Crippen LogP contribution is -2.44. The first-order valence-electron chi connectivity index (χ1n) is 6.65. The monoisotopic (exact) mass is 326 g/mol. The second-order valence-corrected chi connectivity index (χ2v) is 7.69. The second-order valence-electron chi connectivity index (χ2n) is 5.18. The molecule has 4 nitrogen and oxygen atoms in total. The molecule has 0 saturated heterocycles. The van der Waals surface area contributed by atoms with Crippen LogP contribution in [-0.4, -0.2) is 49.8 Å². The van der Waals surface area contributed by atoms with Gasteiger partial charge in [0.25, 0.3) is 0 Å². The zero-order valence-electron chi connectivity index (χ0n) is 12.3. The Morgan fingerprint density at radius 3 is 2.48 bits per heavy atom. The van der Waals surface area contributed by atoms with Gasteiger partial charge in [0.15, 0.2) is 9.84 Å². The molecule has 0 aromatic heterocycles. The molecule has 0 fully saturated rings. The van der Waals surface area contributed by atoms with Crippen molar-refractivity contribution in [2.24, 2.45) is 5.73 Å². The van der Waals surface area contributed by atoms with Crippen LogP contribution >= 0.6 is 0 Å². The van der Waals surface area contributed by atoms with Gasteiger partial charge < -0.3 is 5.73 Å². The van der Waals surface area contributed by atoms with Crippen molar-refractivity contribution < 1.29 is 21.6 Å². The van der Waals surface area contributed by atoms with Gasteiger partial charge in [-0.15, -0.1) is 0 Å². The van der Waals surface area contributed by atoms with E-state index < -0.39 is 39.0 Å². The molecule has 2 N–H and O–H groups in total. The van der Waals surface area contributed by atoms with E-state index in [4.69, 9.17) is 5.73 Å². The quantitative estimate of drug-likeness (QED) is 0.801.